The Labute approximate surface area is 339 Å². The summed E-state index contributed by atoms with van der Waals surface area (Å²) in [4.78, 5) is 2.46. The van der Waals surface area contributed by atoms with Gasteiger partial charge in [0, 0.05) is 16.9 Å². The molecule has 1 aliphatic rings. The van der Waals surface area contributed by atoms with Crippen LogP contribution in [0.1, 0.15) is 30.4 Å². The minimum absolute atomic E-state index is 0.464. The van der Waals surface area contributed by atoms with E-state index in [2.05, 4.69) is 224 Å². The highest BCUT2D eigenvalue weighted by Gasteiger charge is 2.22. The van der Waals surface area contributed by atoms with Crippen LogP contribution in [-0.4, -0.2) is 0 Å². The zero-order valence-corrected chi connectivity index (χ0v) is 32.4. The van der Waals surface area contributed by atoms with Gasteiger partial charge in [0.1, 0.15) is 0 Å². The predicted octanol–water partition coefficient (Wildman–Crippen LogP) is 16.3. The first-order valence-corrected chi connectivity index (χ1v) is 20.4. The van der Waals surface area contributed by atoms with E-state index in [0.717, 1.165) is 23.5 Å². The molecular weight excluding hydrogens is 699 g/mol. The lowest BCUT2D eigenvalue weighted by molar-refractivity contribution is 0.780. The number of para-hydroxylation sites is 1. The maximum Gasteiger partial charge on any atom is 0.0540 e. The van der Waals surface area contributed by atoms with Gasteiger partial charge in [0.05, 0.1) is 5.69 Å². The molecule has 0 bridgehead atoms. The number of hydrogen-bond donors (Lipinski definition) is 0. The van der Waals surface area contributed by atoms with E-state index in [-0.39, 0.29) is 0 Å². The highest BCUT2D eigenvalue weighted by molar-refractivity contribution is 6.13. The Morgan fingerprint density at radius 3 is 1.90 bits per heavy atom. The molecule has 1 atom stereocenters. The molecule has 0 aliphatic heterocycles. The van der Waals surface area contributed by atoms with Crippen LogP contribution in [0.3, 0.4) is 0 Å². The zero-order valence-electron chi connectivity index (χ0n) is 32.4. The van der Waals surface area contributed by atoms with Crippen LogP contribution in [0.2, 0.25) is 0 Å². The van der Waals surface area contributed by atoms with Crippen LogP contribution in [0.25, 0.3) is 82.5 Å². The normalized spacial score (nSPS) is 13.6. The van der Waals surface area contributed by atoms with E-state index in [4.69, 9.17) is 0 Å². The third kappa shape index (κ3) is 5.78. The van der Waals surface area contributed by atoms with Crippen molar-refractivity contribution in [2.75, 3.05) is 4.90 Å². The van der Waals surface area contributed by atoms with E-state index in [1.165, 1.54) is 87.6 Å². The Kier molecular flexibility index (Phi) is 8.26. The summed E-state index contributed by atoms with van der Waals surface area (Å²) in [5.74, 6) is 0.464. The lowest BCUT2D eigenvalue weighted by Gasteiger charge is -2.29. The van der Waals surface area contributed by atoms with Crippen molar-refractivity contribution in [3.05, 3.63) is 217 Å². The van der Waals surface area contributed by atoms with Gasteiger partial charge in [0.2, 0.25) is 0 Å². The first kappa shape index (κ1) is 34.1. The summed E-state index contributed by atoms with van der Waals surface area (Å²) in [6, 6.07) is 73.9. The minimum atomic E-state index is 0.464. The van der Waals surface area contributed by atoms with Gasteiger partial charge in [-0.3, -0.25) is 0 Å². The third-order valence-corrected chi connectivity index (χ3v) is 12.2. The summed E-state index contributed by atoms with van der Waals surface area (Å²) < 4.78 is 0. The van der Waals surface area contributed by atoms with Crippen LogP contribution >= 0.6 is 0 Å². The number of allylic oxidation sites excluding steroid dienone is 1. The third-order valence-electron chi connectivity index (χ3n) is 12.2. The molecule has 0 amide bonds. The number of rotatable bonds is 6. The molecule has 1 heteroatoms. The Morgan fingerprint density at radius 1 is 0.414 bits per heavy atom. The SMILES string of the molecule is CC1CC=Cc2ccc3ccc4ccc(-c5cc(N(c6ccc(-c7ccccc7)cc6)c6ccccc6-c6cccc7ccccc67)cc6ccccc56)cc4c3c21. The summed E-state index contributed by atoms with van der Waals surface area (Å²) in [6.45, 7) is 2.37. The molecule has 1 nitrogen and oxygen atoms in total. The highest BCUT2D eigenvalue weighted by atomic mass is 15.1. The van der Waals surface area contributed by atoms with Crippen molar-refractivity contribution in [2.24, 2.45) is 0 Å². The summed E-state index contributed by atoms with van der Waals surface area (Å²) in [5, 5.41) is 10.2. The fraction of sp³-hybridized carbons (Fsp3) is 0.0526. The molecule has 0 heterocycles. The van der Waals surface area contributed by atoms with Crippen molar-refractivity contribution in [3.8, 4) is 33.4 Å². The zero-order chi connectivity index (χ0) is 38.6. The quantitative estimate of drug-likeness (QED) is 0.154. The molecule has 10 aromatic carbocycles. The number of anilines is 3. The van der Waals surface area contributed by atoms with Crippen molar-refractivity contribution in [2.45, 2.75) is 19.3 Å². The molecule has 1 aliphatic carbocycles. The molecule has 0 radical (unpaired) electrons. The largest absolute Gasteiger partial charge is 0.310 e. The van der Waals surface area contributed by atoms with Gasteiger partial charge in [-0.1, -0.05) is 183 Å². The number of benzene rings is 10. The molecule has 0 aromatic heterocycles. The van der Waals surface area contributed by atoms with E-state index in [1.807, 2.05) is 0 Å². The molecule has 274 valence electrons. The maximum absolute atomic E-state index is 2.46. The van der Waals surface area contributed by atoms with Crippen LogP contribution in [0, 0.1) is 0 Å². The monoisotopic (exact) mass is 739 g/mol. The van der Waals surface area contributed by atoms with Gasteiger partial charge in [-0.15, -0.1) is 0 Å². The van der Waals surface area contributed by atoms with Crippen molar-refractivity contribution >= 4 is 66.2 Å². The number of fused-ring (bicyclic) bond motifs is 7. The molecule has 0 saturated carbocycles. The molecule has 10 aromatic rings. The van der Waals surface area contributed by atoms with Crippen LogP contribution < -0.4 is 4.90 Å². The molecule has 0 saturated heterocycles. The van der Waals surface area contributed by atoms with Crippen LogP contribution in [0.15, 0.2) is 206 Å². The van der Waals surface area contributed by atoms with Gasteiger partial charge in [-0.05, 0) is 131 Å². The first-order valence-electron chi connectivity index (χ1n) is 20.4. The Balaban J connectivity index is 1.16. The Bertz CT molecular complexity index is 3200. The van der Waals surface area contributed by atoms with Gasteiger partial charge in [0.15, 0.2) is 0 Å². The first-order chi connectivity index (χ1) is 28.7. The van der Waals surface area contributed by atoms with Crippen LogP contribution in [-0.2, 0) is 0 Å². The second-order valence-corrected chi connectivity index (χ2v) is 15.7. The van der Waals surface area contributed by atoms with Crippen LogP contribution in [0.5, 0.6) is 0 Å². The standard InChI is InChI=1S/C57H41N/c1-38-13-11-19-43-28-29-44-27-25-42-26-30-46(36-54(42)57(44)56(38)43)53-37-48(35-45-17-6-8-21-50(45)53)58(47-33-31-40(32-34-47)39-14-3-2-4-15-39)55-24-10-9-22-52(55)51-23-12-18-41-16-5-7-20-49(41)51/h2-12,14-38H,13H2,1H3. The van der Waals surface area contributed by atoms with Gasteiger partial charge < -0.3 is 4.90 Å². The van der Waals surface area contributed by atoms with Gasteiger partial charge in [-0.25, -0.2) is 0 Å². The average Bonchev–Trinajstić information content (AvgIpc) is 3.29. The topological polar surface area (TPSA) is 3.24 Å². The van der Waals surface area contributed by atoms with Crippen molar-refractivity contribution in [1.82, 2.24) is 0 Å². The van der Waals surface area contributed by atoms with Gasteiger partial charge in [-0.2, -0.15) is 0 Å². The lowest BCUT2D eigenvalue weighted by atomic mass is 9.82. The molecule has 58 heavy (non-hydrogen) atoms. The van der Waals surface area contributed by atoms with Crippen molar-refractivity contribution in [3.63, 3.8) is 0 Å². The molecular formula is C57H41N. The molecule has 0 fully saturated rings. The number of nitrogens with zero attached hydrogens (tertiary/aromatic N) is 1. The lowest BCUT2D eigenvalue weighted by Crippen LogP contribution is -2.11. The Morgan fingerprint density at radius 2 is 1.03 bits per heavy atom. The second kappa shape index (κ2) is 14.1. The van der Waals surface area contributed by atoms with E-state index in [1.54, 1.807) is 0 Å². The van der Waals surface area contributed by atoms with Crippen molar-refractivity contribution < 1.29 is 0 Å². The molecule has 0 N–H and O–H groups in total. The summed E-state index contributed by atoms with van der Waals surface area (Å²) >= 11 is 0. The molecule has 1 unspecified atom stereocenters. The molecule has 0 spiro atoms. The van der Waals surface area contributed by atoms with Crippen molar-refractivity contribution in [1.29, 1.82) is 0 Å². The second-order valence-electron chi connectivity index (χ2n) is 15.7. The summed E-state index contributed by atoms with van der Waals surface area (Å²) in [7, 11) is 0. The highest BCUT2D eigenvalue weighted by Crippen LogP contribution is 2.46. The summed E-state index contributed by atoms with van der Waals surface area (Å²) in [5.41, 5.74) is 13.4. The van der Waals surface area contributed by atoms with Crippen LogP contribution in [0.4, 0.5) is 17.1 Å². The smallest absolute Gasteiger partial charge is 0.0540 e. The number of hydrogen-bond acceptors (Lipinski definition) is 1. The van der Waals surface area contributed by atoms with E-state index >= 15 is 0 Å². The van der Waals surface area contributed by atoms with E-state index in [0.29, 0.717) is 5.92 Å². The van der Waals surface area contributed by atoms with E-state index in [9.17, 15) is 0 Å². The fourth-order valence-electron chi connectivity index (χ4n) is 9.43. The summed E-state index contributed by atoms with van der Waals surface area (Å²) in [6.07, 6.45) is 5.70. The molecule has 11 rings (SSSR count). The Hall–Kier alpha value is -7.22. The van der Waals surface area contributed by atoms with Gasteiger partial charge in [0.25, 0.3) is 0 Å². The fourth-order valence-corrected chi connectivity index (χ4v) is 9.43. The minimum Gasteiger partial charge on any atom is -0.310 e. The average molecular weight is 740 g/mol. The predicted molar refractivity (Wildman–Crippen MR) is 250 cm³/mol. The maximum atomic E-state index is 2.46. The van der Waals surface area contributed by atoms with Gasteiger partial charge >= 0.3 is 0 Å². The van der Waals surface area contributed by atoms with E-state index < -0.39 is 0 Å².